The number of nitrogens with zero attached hydrogens (tertiary/aromatic N) is 19. The predicted molar refractivity (Wildman–Crippen MR) is 502 cm³/mol. The van der Waals surface area contributed by atoms with Crippen molar-refractivity contribution in [1.82, 2.24) is 98.8 Å². The molecule has 3 aliphatic carbocycles. The zero-order valence-corrected chi connectivity index (χ0v) is 76.0. The molecule has 28 heteroatoms. The molecule has 5 N–H and O–H groups in total. The molecule has 11 fully saturated rings. The van der Waals surface area contributed by atoms with E-state index in [0.29, 0.717) is 22.7 Å². The summed E-state index contributed by atoms with van der Waals surface area (Å²) in [6.07, 6.45) is 33.1. The Morgan fingerprint density at radius 2 is 0.688 bits per heavy atom. The van der Waals surface area contributed by atoms with Crippen LogP contribution in [-0.2, 0) is 0 Å². The van der Waals surface area contributed by atoms with Crippen LogP contribution in [0.5, 0.6) is 0 Å². The van der Waals surface area contributed by atoms with Gasteiger partial charge in [-0.05, 0) is 257 Å². The molecule has 0 amide bonds. The molecule has 0 aromatic carbocycles. The van der Waals surface area contributed by atoms with E-state index in [1.54, 1.807) is 6.20 Å². The van der Waals surface area contributed by atoms with Crippen LogP contribution in [0.25, 0.3) is 22.6 Å². The highest BCUT2D eigenvalue weighted by Gasteiger charge is 2.46. The second-order valence-corrected chi connectivity index (χ2v) is 38.7. The summed E-state index contributed by atoms with van der Waals surface area (Å²) < 4.78 is 8.83. The minimum absolute atomic E-state index is 0.0895. The van der Waals surface area contributed by atoms with E-state index in [0.717, 1.165) is 269 Å². The Balaban J connectivity index is 0.000000105. The normalized spacial score (nSPS) is 24.6. The molecule has 24 nitrogen and oxygen atoms in total. The maximum absolute atomic E-state index is 7.04. The zero-order valence-electron chi connectivity index (χ0n) is 73.0. The van der Waals surface area contributed by atoms with Crippen molar-refractivity contribution in [3.8, 4) is 0 Å². The molecule has 12 aromatic rings. The second kappa shape index (κ2) is 36.9. The molecular weight excluding hydrogens is 1640 g/mol. The molecule has 0 radical (unpaired) electrons. The van der Waals surface area contributed by atoms with Crippen LogP contribution in [0.1, 0.15) is 244 Å². The number of halogens is 4. The maximum Gasteiger partial charge on any atom is 0.139 e. The van der Waals surface area contributed by atoms with Crippen LogP contribution in [0.4, 0.5) is 23.3 Å². The third-order valence-electron chi connectivity index (χ3n) is 28.6. The molecule has 656 valence electrons. The first-order valence-electron chi connectivity index (χ1n) is 46.4. The summed E-state index contributed by atoms with van der Waals surface area (Å²) in [5.41, 5.74) is 18.1. The van der Waals surface area contributed by atoms with Gasteiger partial charge in [-0.2, -0.15) is 0 Å². The molecule has 8 atom stereocenters. The van der Waals surface area contributed by atoms with Crippen LogP contribution in [-0.4, -0.2) is 197 Å². The fraction of sp³-hybridized carbons (Fsp3) is 0.505. The van der Waals surface area contributed by atoms with Gasteiger partial charge in [-0.15, -0.1) is 0 Å². The van der Waals surface area contributed by atoms with Crippen molar-refractivity contribution in [2.75, 3.05) is 139 Å². The van der Waals surface area contributed by atoms with Crippen LogP contribution in [0.2, 0.25) is 20.4 Å². The van der Waals surface area contributed by atoms with E-state index in [9.17, 15) is 0 Å². The van der Waals surface area contributed by atoms with Gasteiger partial charge in [-0.3, -0.25) is 37.5 Å². The zero-order chi connectivity index (χ0) is 85.0. The van der Waals surface area contributed by atoms with Crippen LogP contribution in [0.15, 0.2) is 146 Å². The van der Waals surface area contributed by atoms with Gasteiger partial charge in [0.05, 0.1) is 93.9 Å². The van der Waals surface area contributed by atoms with Crippen molar-refractivity contribution in [2.45, 2.75) is 195 Å². The largest absolute Gasteiger partial charge is 0.355 e. The number of piperidine rings is 4. The summed E-state index contributed by atoms with van der Waals surface area (Å²) in [7, 11) is 6.55. The van der Waals surface area contributed by atoms with E-state index < -0.39 is 0 Å². The van der Waals surface area contributed by atoms with Gasteiger partial charge in [-0.1, -0.05) is 82.8 Å². The molecule has 0 unspecified atom stereocenters. The number of hydrogen-bond acceptors (Lipinski definition) is 20. The van der Waals surface area contributed by atoms with Crippen LogP contribution in [0, 0.1) is 13.8 Å². The summed E-state index contributed by atoms with van der Waals surface area (Å²) >= 11 is 26.7. The molecule has 11 aliphatic rings. The van der Waals surface area contributed by atoms with Gasteiger partial charge < -0.3 is 60.9 Å². The number of fused-ring (bicyclic) bond motifs is 4. The Labute approximate surface area is 754 Å². The average molecular weight is 1760 g/mol. The van der Waals surface area contributed by atoms with Crippen LogP contribution >= 0.6 is 46.4 Å². The van der Waals surface area contributed by atoms with Crippen LogP contribution < -0.4 is 46.2 Å². The number of imidazole rings is 4. The standard InChI is InChI=1S/C25H31ClN6.C25H32N6.C24H29ClN6.C23H28Cl2N6/c1-30-13-15-31(16-14-30)22-9-3-8-21-29-24(25(26)32(21)22)20-7-2-6-19(28-20)23-18(17-10-11-17)5-4-12-27-23;1-29-13-15-30(16-14-29)24-9-3-8-23-28-22(17-31(23)24)20-6-2-7-21(27-20)25-19(18-10-11-18)5-4-12-26-25;1-16-17(25)8-11-26-23(16)19-5-2-4-18(28-19)20-14-31-21(29-20)6-3-7-22(31)30-13-12-27-24(15-30)9-10-24;1-15-16(24)9-10-26-21(15)17-5-3-6-18(27-17)22-23(25)31-19(28-22)7-4-8-20(31)30-13-11-29(2)12-14-30/h3-5,8-9,12,17,19-20,28H,2,6-7,10-11,13-16H2,1H3;3-5,8-9,12,17-18,20-21,27H,2,6-7,10-11,13-16H2,1H3;3,6-8,11,14,18-19,27-28H,2,4-5,9-10,12-13,15H2,1H3;4,7-10,17-18,27H,3,5-6,11-14H2,1-2H3/t19-,20+;20-,21+;18-,19+;17-,18+/m0110/s1. The van der Waals surface area contributed by atoms with Crippen molar-refractivity contribution in [3.63, 3.8) is 0 Å². The van der Waals surface area contributed by atoms with E-state index >= 15 is 0 Å². The lowest BCUT2D eigenvalue weighted by molar-refractivity contribution is 0.311. The fourth-order valence-electron chi connectivity index (χ4n) is 20.9. The first-order chi connectivity index (χ1) is 61.1. The fourth-order valence-corrected chi connectivity index (χ4v) is 21.9. The Hall–Kier alpha value is -8.60. The third kappa shape index (κ3) is 18.1. The van der Waals surface area contributed by atoms with E-state index in [1.165, 1.54) is 79.1 Å². The summed E-state index contributed by atoms with van der Waals surface area (Å²) in [6, 6.07) is 39.8. The number of pyridine rings is 8. The molecule has 12 aromatic heterocycles. The quantitative estimate of drug-likeness (QED) is 0.0687. The maximum atomic E-state index is 7.04. The minimum Gasteiger partial charge on any atom is -0.355 e. The first-order valence-corrected chi connectivity index (χ1v) is 47.9. The van der Waals surface area contributed by atoms with Gasteiger partial charge >= 0.3 is 0 Å². The Kier molecular flexibility index (Phi) is 24.9. The SMILES string of the molecule is CN1CCN(c2cccc3nc([C@H]4CCC[C@@H](c5ncccc5C5CC5)N4)c(Cl)n23)CC1.CN1CCN(c2cccc3nc([C@H]4CCC[C@@H](c5ncccc5C5CC5)N4)cn23)CC1.Cc1c(Cl)ccnc1[C@@H]1CCC[C@H](c2cn3c(N4CCNC5(CC5)C4)cccc3n2)N1.Cc1c(Cl)ccnc1[C@@H]1CCC[C@H](c2nc3cccc(N4CCN(C)CC4)n3c2Cl)N1. The molecule has 20 heterocycles. The Morgan fingerprint density at radius 1 is 0.336 bits per heavy atom. The highest BCUT2D eigenvalue weighted by molar-refractivity contribution is 6.32. The minimum atomic E-state index is 0.0895. The highest BCUT2D eigenvalue weighted by Crippen LogP contribution is 2.48. The predicted octanol–water partition coefficient (Wildman–Crippen LogP) is 17.3. The van der Waals surface area contributed by atoms with Gasteiger partial charge in [0.15, 0.2) is 0 Å². The molecule has 125 heavy (non-hydrogen) atoms. The van der Waals surface area contributed by atoms with E-state index in [-0.39, 0.29) is 42.3 Å². The summed E-state index contributed by atoms with van der Waals surface area (Å²) in [5, 5.41) is 22.1. The lowest BCUT2D eigenvalue weighted by Gasteiger charge is -2.35. The van der Waals surface area contributed by atoms with Crippen molar-refractivity contribution in [2.24, 2.45) is 0 Å². The summed E-state index contributed by atoms with van der Waals surface area (Å²) in [6.45, 7) is 19.8. The molecule has 23 rings (SSSR count). The number of anilines is 4. The Morgan fingerprint density at radius 3 is 1.10 bits per heavy atom. The van der Waals surface area contributed by atoms with Gasteiger partial charge in [0.2, 0.25) is 0 Å². The highest BCUT2D eigenvalue weighted by atomic mass is 35.5. The van der Waals surface area contributed by atoms with Crippen molar-refractivity contribution < 1.29 is 0 Å². The monoisotopic (exact) mass is 1760 g/mol. The van der Waals surface area contributed by atoms with E-state index in [4.69, 9.17) is 76.3 Å². The summed E-state index contributed by atoms with van der Waals surface area (Å²) in [5.74, 6) is 6.21. The molecule has 1 spiro atoms. The topological polar surface area (TPSA) is 204 Å². The van der Waals surface area contributed by atoms with E-state index in [1.807, 2.05) is 43.7 Å². The smallest absolute Gasteiger partial charge is 0.139 e. The number of aromatic nitrogens is 12. The second-order valence-electron chi connectivity index (χ2n) is 37.2. The van der Waals surface area contributed by atoms with Gasteiger partial charge in [0.25, 0.3) is 0 Å². The van der Waals surface area contributed by atoms with Crippen molar-refractivity contribution in [1.29, 1.82) is 0 Å². The number of nitrogens with one attached hydrogen (secondary N) is 5. The Bertz CT molecular complexity index is 5790. The lowest BCUT2D eigenvalue weighted by Crippen LogP contribution is -2.53. The molecule has 3 saturated carbocycles. The van der Waals surface area contributed by atoms with Gasteiger partial charge in [0.1, 0.15) is 56.2 Å². The first kappa shape index (κ1) is 84.6. The number of hydrogen-bond donors (Lipinski definition) is 5. The molecule has 8 saturated heterocycles. The third-order valence-corrected chi connectivity index (χ3v) is 30.1. The number of piperazine rings is 4. The molecule has 8 aliphatic heterocycles. The van der Waals surface area contributed by atoms with Gasteiger partial charge in [-0.25, -0.2) is 19.9 Å². The average Bonchev–Trinajstić information content (AvgIpc) is 1.62. The van der Waals surface area contributed by atoms with E-state index in [2.05, 4.69) is 220 Å². The number of rotatable bonds is 14. The molecular formula is C97H120Cl4N24. The van der Waals surface area contributed by atoms with Crippen LogP contribution in [0.3, 0.4) is 0 Å². The molecule has 0 bridgehead atoms. The van der Waals surface area contributed by atoms with Gasteiger partial charge in [0, 0.05) is 151 Å². The lowest BCUT2D eigenvalue weighted by atomic mass is 9.92. The van der Waals surface area contributed by atoms with Crippen molar-refractivity contribution >= 4 is 92.3 Å². The summed E-state index contributed by atoms with van der Waals surface area (Å²) in [4.78, 5) is 55.9. The van der Waals surface area contributed by atoms with Crippen molar-refractivity contribution in [3.05, 3.63) is 235 Å². The number of likely N-dealkylation sites (N-methyl/N-ethyl adjacent to an activating group) is 3.